The van der Waals surface area contributed by atoms with Crippen molar-refractivity contribution in [2.75, 3.05) is 0 Å². The number of carbonyl (C=O) groups is 1. The van der Waals surface area contributed by atoms with Crippen molar-refractivity contribution in [3.8, 4) is 0 Å². The molecule has 0 fully saturated rings. The fraction of sp³-hybridized carbons (Fsp3) is 0.900. The Morgan fingerprint density at radius 3 is 2.38 bits per heavy atom. The van der Waals surface area contributed by atoms with E-state index in [2.05, 4.69) is 13.8 Å². The Morgan fingerprint density at radius 2 is 2.08 bits per heavy atom. The van der Waals surface area contributed by atoms with Gasteiger partial charge in [0.05, 0.1) is 6.42 Å². The van der Waals surface area contributed by atoms with E-state index >= 15 is 0 Å². The first kappa shape index (κ1) is 12.4. The van der Waals surface area contributed by atoms with Crippen LogP contribution >= 0.6 is 0 Å². The maximum atomic E-state index is 10.6. The van der Waals surface area contributed by atoms with E-state index in [1.54, 1.807) is 0 Å². The molecule has 0 heterocycles. The maximum Gasteiger partial charge on any atom is 0.305 e. The van der Waals surface area contributed by atoms with Crippen LogP contribution in [0.5, 0.6) is 0 Å². The van der Waals surface area contributed by atoms with Crippen molar-refractivity contribution in [3.63, 3.8) is 0 Å². The Bertz CT molecular complexity index is 170. The third kappa shape index (κ3) is 4.88. The number of hydrogen-bond donors (Lipinski definition) is 2. The first-order valence-corrected chi connectivity index (χ1v) is 4.94. The molecule has 3 nitrogen and oxygen atoms in total. The molecule has 13 heavy (non-hydrogen) atoms. The lowest BCUT2D eigenvalue weighted by atomic mass is 9.83. The van der Waals surface area contributed by atoms with Crippen LogP contribution in [0, 0.1) is 5.92 Å². The van der Waals surface area contributed by atoms with E-state index in [1.165, 1.54) is 0 Å². The second-order valence-electron chi connectivity index (χ2n) is 4.00. The van der Waals surface area contributed by atoms with Gasteiger partial charge in [0.15, 0.2) is 0 Å². The van der Waals surface area contributed by atoms with Crippen LogP contribution in [0.2, 0.25) is 0 Å². The molecule has 3 heteroatoms. The van der Waals surface area contributed by atoms with Crippen LogP contribution in [0.4, 0.5) is 0 Å². The van der Waals surface area contributed by atoms with Gasteiger partial charge in [-0.3, -0.25) is 4.79 Å². The van der Waals surface area contributed by atoms with Crippen LogP contribution < -0.4 is 5.73 Å². The maximum absolute atomic E-state index is 10.6. The second kappa shape index (κ2) is 5.22. The van der Waals surface area contributed by atoms with E-state index in [4.69, 9.17) is 10.8 Å². The Kier molecular flexibility index (Phi) is 4.99. The van der Waals surface area contributed by atoms with Gasteiger partial charge in [-0.2, -0.15) is 0 Å². The van der Waals surface area contributed by atoms with Crippen molar-refractivity contribution in [1.29, 1.82) is 0 Å². The van der Waals surface area contributed by atoms with Crippen molar-refractivity contribution in [2.24, 2.45) is 11.7 Å². The lowest BCUT2D eigenvalue weighted by Crippen LogP contribution is -2.42. The number of carboxylic acids is 1. The molecule has 0 bridgehead atoms. The highest BCUT2D eigenvalue weighted by molar-refractivity contribution is 5.68. The van der Waals surface area contributed by atoms with E-state index in [1.807, 2.05) is 6.92 Å². The highest BCUT2D eigenvalue weighted by Gasteiger charge is 2.27. The molecule has 78 valence electrons. The second-order valence-corrected chi connectivity index (χ2v) is 4.00. The van der Waals surface area contributed by atoms with Gasteiger partial charge in [0.1, 0.15) is 0 Å². The van der Waals surface area contributed by atoms with E-state index in [0.717, 1.165) is 19.3 Å². The van der Waals surface area contributed by atoms with Gasteiger partial charge in [-0.25, -0.2) is 0 Å². The largest absolute Gasteiger partial charge is 0.481 e. The summed E-state index contributed by atoms with van der Waals surface area (Å²) in [6, 6.07) is 0. The molecule has 0 rings (SSSR count). The third-order valence-electron chi connectivity index (χ3n) is 2.66. The first-order valence-electron chi connectivity index (χ1n) is 4.94. The van der Waals surface area contributed by atoms with Gasteiger partial charge in [0.25, 0.3) is 0 Å². The van der Waals surface area contributed by atoms with Gasteiger partial charge in [-0.1, -0.05) is 27.2 Å². The summed E-state index contributed by atoms with van der Waals surface area (Å²) in [4.78, 5) is 10.6. The molecule has 3 N–H and O–H groups in total. The zero-order valence-corrected chi connectivity index (χ0v) is 8.84. The predicted molar refractivity (Wildman–Crippen MR) is 53.5 cm³/mol. The molecule has 0 spiro atoms. The quantitative estimate of drug-likeness (QED) is 0.668. The van der Waals surface area contributed by atoms with Gasteiger partial charge in [0, 0.05) is 5.54 Å². The normalized spacial score (nSPS) is 17.8. The minimum absolute atomic E-state index is 0.0772. The number of nitrogens with two attached hydrogens (primary N) is 1. The van der Waals surface area contributed by atoms with Crippen molar-refractivity contribution in [3.05, 3.63) is 0 Å². The minimum atomic E-state index is -0.798. The molecule has 0 aromatic rings. The molecule has 0 amide bonds. The van der Waals surface area contributed by atoms with Crippen LogP contribution in [0.1, 0.15) is 46.5 Å². The van der Waals surface area contributed by atoms with Crippen LogP contribution in [0.25, 0.3) is 0 Å². The Hall–Kier alpha value is -0.570. The molecule has 0 aliphatic heterocycles. The number of carboxylic acid groups (broad SMARTS) is 1. The summed E-state index contributed by atoms with van der Waals surface area (Å²) in [6.07, 6.45) is 2.66. The van der Waals surface area contributed by atoms with Gasteiger partial charge in [0.2, 0.25) is 0 Å². The molecule has 0 aliphatic carbocycles. The van der Waals surface area contributed by atoms with Crippen molar-refractivity contribution in [1.82, 2.24) is 0 Å². The van der Waals surface area contributed by atoms with Crippen molar-refractivity contribution in [2.45, 2.75) is 52.0 Å². The van der Waals surface area contributed by atoms with Crippen LogP contribution in [0.15, 0.2) is 0 Å². The third-order valence-corrected chi connectivity index (χ3v) is 2.66. The van der Waals surface area contributed by atoms with E-state index in [0.29, 0.717) is 5.92 Å². The highest BCUT2D eigenvalue weighted by Crippen LogP contribution is 2.23. The summed E-state index contributed by atoms with van der Waals surface area (Å²) in [5.74, 6) is -0.294. The van der Waals surface area contributed by atoms with Gasteiger partial charge >= 0.3 is 5.97 Å². The summed E-state index contributed by atoms with van der Waals surface area (Å²) in [6.45, 7) is 6.16. The zero-order valence-electron chi connectivity index (χ0n) is 8.84. The number of hydrogen-bond acceptors (Lipinski definition) is 2. The number of aliphatic carboxylic acids is 1. The molecular weight excluding hydrogens is 166 g/mol. The fourth-order valence-electron chi connectivity index (χ4n) is 1.48. The van der Waals surface area contributed by atoms with Crippen molar-refractivity contribution >= 4 is 5.97 Å². The standard InChI is InChI=1S/C10H21NO2/c1-4-8(3)6-10(11,5-2)7-9(12)13/h8H,4-7,11H2,1-3H3,(H,12,13). The highest BCUT2D eigenvalue weighted by atomic mass is 16.4. The lowest BCUT2D eigenvalue weighted by molar-refractivity contribution is -0.138. The molecule has 0 radical (unpaired) electrons. The van der Waals surface area contributed by atoms with Gasteiger partial charge in [-0.05, 0) is 18.8 Å². The molecule has 0 aromatic carbocycles. The lowest BCUT2D eigenvalue weighted by Gasteiger charge is -2.29. The minimum Gasteiger partial charge on any atom is -0.481 e. The average Bonchev–Trinajstić information content (AvgIpc) is 2.02. The number of rotatable bonds is 6. The summed E-state index contributed by atoms with van der Waals surface area (Å²) in [5.41, 5.74) is 5.48. The Labute approximate surface area is 80.3 Å². The monoisotopic (exact) mass is 187 g/mol. The molecule has 2 unspecified atom stereocenters. The summed E-state index contributed by atoms with van der Waals surface area (Å²) >= 11 is 0. The molecular formula is C10H21NO2. The Morgan fingerprint density at radius 1 is 1.54 bits per heavy atom. The van der Waals surface area contributed by atoms with E-state index in [9.17, 15) is 4.79 Å². The first-order chi connectivity index (χ1) is 5.93. The topological polar surface area (TPSA) is 63.3 Å². The zero-order chi connectivity index (χ0) is 10.5. The van der Waals surface area contributed by atoms with Crippen LogP contribution in [-0.4, -0.2) is 16.6 Å². The smallest absolute Gasteiger partial charge is 0.305 e. The van der Waals surface area contributed by atoms with Gasteiger partial charge < -0.3 is 10.8 Å². The molecule has 2 atom stereocenters. The summed E-state index contributed by atoms with van der Waals surface area (Å²) < 4.78 is 0. The van der Waals surface area contributed by atoms with Crippen LogP contribution in [0.3, 0.4) is 0 Å². The van der Waals surface area contributed by atoms with Crippen LogP contribution in [-0.2, 0) is 4.79 Å². The summed E-state index contributed by atoms with van der Waals surface area (Å²) in [5, 5.41) is 8.69. The molecule has 0 saturated heterocycles. The predicted octanol–water partition coefficient (Wildman–Crippen LogP) is 2.00. The molecule has 0 aromatic heterocycles. The Balaban J connectivity index is 4.18. The molecule has 0 saturated carbocycles. The van der Waals surface area contributed by atoms with E-state index in [-0.39, 0.29) is 6.42 Å². The van der Waals surface area contributed by atoms with Gasteiger partial charge in [-0.15, -0.1) is 0 Å². The average molecular weight is 187 g/mol. The summed E-state index contributed by atoms with van der Waals surface area (Å²) in [7, 11) is 0. The molecule has 0 aliphatic rings. The fourth-order valence-corrected chi connectivity index (χ4v) is 1.48. The SMILES string of the molecule is CCC(C)CC(N)(CC)CC(=O)O. The van der Waals surface area contributed by atoms with E-state index < -0.39 is 11.5 Å². The van der Waals surface area contributed by atoms with Crippen molar-refractivity contribution < 1.29 is 9.90 Å².